The molecule has 5 atom stereocenters. The van der Waals surface area contributed by atoms with E-state index in [1.807, 2.05) is 52.0 Å². The zero-order chi connectivity index (χ0) is 46.4. The summed E-state index contributed by atoms with van der Waals surface area (Å²) in [7, 11) is 1.28. The minimum absolute atomic E-state index is 0. The first-order valence-electron chi connectivity index (χ1n) is 23.8. The third-order valence-electron chi connectivity index (χ3n) is 14.1. The Kier molecular flexibility index (Phi) is 18.2. The number of aromatic nitrogens is 1. The van der Waals surface area contributed by atoms with Gasteiger partial charge in [0, 0.05) is 35.2 Å². The van der Waals surface area contributed by atoms with Crippen molar-refractivity contribution in [3.05, 3.63) is 91.3 Å². The van der Waals surface area contributed by atoms with E-state index in [0.717, 1.165) is 47.8 Å². The summed E-state index contributed by atoms with van der Waals surface area (Å²) in [5.41, 5.74) is 9.57. The number of aliphatic imine (C=N–C) groups is 3. The number of carbonyl (C=O) groups is 3. The summed E-state index contributed by atoms with van der Waals surface area (Å²) in [4.78, 5) is 61.4. The van der Waals surface area contributed by atoms with Crippen LogP contribution in [0.15, 0.2) is 84.4 Å². The van der Waals surface area contributed by atoms with E-state index in [9.17, 15) is 19.5 Å². The second kappa shape index (κ2) is 22.9. The fourth-order valence-electron chi connectivity index (χ4n) is 9.97. The van der Waals surface area contributed by atoms with Crippen molar-refractivity contribution in [3.63, 3.8) is 0 Å². The van der Waals surface area contributed by atoms with Gasteiger partial charge in [-0.05, 0) is 117 Å². The van der Waals surface area contributed by atoms with Crippen LogP contribution in [0.25, 0.3) is 11.6 Å². The zero-order valence-corrected chi connectivity index (χ0v) is 42.4. The Bertz CT molecular complexity index is 2450. The molecule has 0 spiro atoms. The van der Waals surface area contributed by atoms with Crippen molar-refractivity contribution < 1.29 is 29.0 Å². The molecule has 1 aromatic rings. The molecule has 344 valence electrons. The first-order valence-corrected chi connectivity index (χ1v) is 23.8. The summed E-state index contributed by atoms with van der Waals surface area (Å²) >= 11 is 0. The maximum absolute atomic E-state index is 14.3. The number of allylic oxidation sites excluding steroid dienone is 8. The number of methoxy groups -OCH3 is 1. The van der Waals surface area contributed by atoms with Crippen LogP contribution in [0, 0.1) is 42.4 Å². The number of ether oxygens (including phenoxy) is 2. The summed E-state index contributed by atoms with van der Waals surface area (Å²) in [5.74, 6) is -0.961. The van der Waals surface area contributed by atoms with E-state index in [1.165, 1.54) is 57.6 Å². The standard InChI is InChI=1S/C54H72N4O6.Mg/c1-12-38-34(7)42-27-46-40(29-59)36(9)41(56-46)26-43-35(8)39(51(57-43)49-50(54(62)63-11)53(61)48-37(10)44(58-52(48)49)28-45(38)55-42)22-23-47(60)64-25-24-33(6)21-15-20-32(5)19-14-18-31(4)17-13-16-30(2)3;/h24,26-32,35,39,50H,12-23,25H2,1-11H3,(H2,55,56,57,58,59,61);/q;+2/p-2/b33-24+;/t31-,32-,35+,39+,50-;/m1./s1. The summed E-state index contributed by atoms with van der Waals surface area (Å²) in [6.07, 6.45) is 20.8. The number of rotatable bonds is 19. The SMILES string of the molecule is CCC1=C(C)C2=CC3=NC(=C(C)/C3=C\[O-])C=C3N=C(C4=c5[n-]c(c(C)c5C(=O)[C@@H]4C(=O)OC)=CC1=N2)[C@@H](CCC(=O)OC/C=C(\C)CCC[C@H](C)CCC[C@H](C)CCCC(C)C)[C@@H]3C.[Mg+2]. The second-order valence-electron chi connectivity index (χ2n) is 19.3. The molecule has 1 aliphatic carbocycles. The first kappa shape index (κ1) is 51.6. The Morgan fingerprint density at radius 2 is 1.57 bits per heavy atom. The Labute approximate surface area is 403 Å². The van der Waals surface area contributed by atoms with Crippen molar-refractivity contribution in [2.45, 2.75) is 146 Å². The minimum atomic E-state index is -1.25. The van der Waals surface area contributed by atoms with Gasteiger partial charge in [-0.2, -0.15) is 0 Å². The van der Waals surface area contributed by atoms with Gasteiger partial charge in [-0.15, -0.1) is 17.0 Å². The molecule has 5 aliphatic rings. The van der Waals surface area contributed by atoms with Gasteiger partial charge in [-0.3, -0.25) is 19.4 Å². The fourth-order valence-corrected chi connectivity index (χ4v) is 9.97. The van der Waals surface area contributed by atoms with E-state index in [4.69, 9.17) is 29.4 Å². The quantitative estimate of drug-likeness (QED) is 0.0444. The predicted octanol–water partition coefficient (Wildman–Crippen LogP) is 8.84. The maximum Gasteiger partial charge on any atom is 2.00 e. The van der Waals surface area contributed by atoms with E-state index in [2.05, 4.69) is 41.5 Å². The van der Waals surface area contributed by atoms with Gasteiger partial charge in [0.05, 0.1) is 29.9 Å². The van der Waals surface area contributed by atoms with Crippen LogP contribution in [0.1, 0.15) is 155 Å². The minimum Gasteiger partial charge on any atom is -0.877 e. The Morgan fingerprint density at radius 3 is 2.22 bits per heavy atom. The summed E-state index contributed by atoms with van der Waals surface area (Å²) in [6, 6.07) is 0. The van der Waals surface area contributed by atoms with E-state index < -0.39 is 11.9 Å². The Hall–Kier alpha value is -4.35. The average Bonchev–Trinajstić information content (AvgIpc) is 3.99. The van der Waals surface area contributed by atoms with Crippen molar-refractivity contribution in [1.29, 1.82) is 0 Å². The number of nitrogens with zero attached hydrogens (tertiary/aromatic N) is 4. The molecule has 11 heteroatoms. The third-order valence-corrected chi connectivity index (χ3v) is 14.1. The van der Waals surface area contributed by atoms with Crippen molar-refractivity contribution in [2.75, 3.05) is 13.7 Å². The van der Waals surface area contributed by atoms with E-state index in [-0.39, 0.29) is 59.7 Å². The second-order valence-corrected chi connectivity index (χ2v) is 19.3. The third kappa shape index (κ3) is 11.6. The number of hydrogen-bond acceptors (Lipinski definition) is 9. The number of esters is 2. The zero-order valence-electron chi connectivity index (χ0n) is 41.0. The van der Waals surface area contributed by atoms with Crippen molar-refractivity contribution in [3.8, 4) is 0 Å². The molecular formula is C54H70MgN4O6. The molecule has 0 saturated carbocycles. The summed E-state index contributed by atoms with van der Waals surface area (Å²) < 4.78 is 11.0. The number of carbonyl (C=O) groups excluding carboxylic acids is 3. The topological polar surface area (TPSA) is 144 Å². The van der Waals surface area contributed by atoms with Gasteiger partial charge >= 0.3 is 35.0 Å². The molecule has 8 bridgehead atoms. The van der Waals surface area contributed by atoms with Gasteiger partial charge in [0.2, 0.25) is 0 Å². The number of hydrogen-bond donors (Lipinski definition) is 0. The van der Waals surface area contributed by atoms with E-state index >= 15 is 0 Å². The normalized spacial score (nSPS) is 21.8. The molecule has 5 heterocycles. The summed E-state index contributed by atoms with van der Waals surface area (Å²) in [6.45, 7) is 21.5. The van der Waals surface area contributed by atoms with Gasteiger partial charge in [-0.25, -0.2) is 9.98 Å². The Balaban J connectivity index is 0.00000793. The van der Waals surface area contributed by atoms with Crippen LogP contribution in [0.5, 0.6) is 0 Å². The first-order chi connectivity index (χ1) is 30.6. The molecule has 1 aromatic heterocycles. The molecule has 10 nitrogen and oxygen atoms in total. The summed E-state index contributed by atoms with van der Waals surface area (Å²) in [5, 5.41) is 13.5. The maximum atomic E-state index is 14.3. The molecule has 0 N–H and O–H groups in total. The van der Waals surface area contributed by atoms with Gasteiger partial charge in [-0.1, -0.05) is 104 Å². The molecule has 0 radical (unpaired) electrons. The van der Waals surface area contributed by atoms with Crippen molar-refractivity contribution >= 4 is 69.6 Å². The molecule has 0 aromatic carbocycles. The van der Waals surface area contributed by atoms with Gasteiger partial charge in [0.1, 0.15) is 12.5 Å². The number of fused-ring (bicyclic) bond motifs is 5. The van der Waals surface area contributed by atoms with Gasteiger partial charge in [0.25, 0.3) is 0 Å². The molecular weight excluding hydrogens is 825 g/mol. The van der Waals surface area contributed by atoms with E-state index in [0.29, 0.717) is 85.8 Å². The monoisotopic (exact) mass is 895 g/mol. The largest absolute Gasteiger partial charge is 2.00 e. The van der Waals surface area contributed by atoms with Gasteiger partial charge < -0.3 is 19.6 Å². The molecule has 0 amide bonds. The van der Waals surface area contributed by atoms with Crippen LogP contribution in [-0.2, 0) is 19.1 Å². The number of ketones is 1. The van der Waals surface area contributed by atoms with Crippen LogP contribution in [0.4, 0.5) is 0 Å². The molecule has 0 unspecified atom stereocenters. The predicted molar refractivity (Wildman–Crippen MR) is 261 cm³/mol. The molecule has 4 aliphatic heterocycles. The molecule has 65 heavy (non-hydrogen) atoms. The molecule has 6 rings (SSSR count). The van der Waals surface area contributed by atoms with Crippen molar-refractivity contribution in [1.82, 2.24) is 4.98 Å². The van der Waals surface area contributed by atoms with Crippen LogP contribution < -0.4 is 20.8 Å². The van der Waals surface area contributed by atoms with Crippen LogP contribution in [0.3, 0.4) is 0 Å². The molecule has 0 saturated heterocycles. The average molecular weight is 895 g/mol. The smallest absolute Gasteiger partial charge is 0.877 e. The van der Waals surface area contributed by atoms with Crippen molar-refractivity contribution in [2.24, 2.45) is 50.5 Å². The molecule has 0 fully saturated rings. The van der Waals surface area contributed by atoms with Crippen LogP contribution in [-0.4, -0.2) is 71.6 Å². The van der Waals surface area contributed by atoms with Gasteiger partial charge in [0.15, 0.2) is 5.78 Å². The van der Waals surface area contributed by atoms with Crippen LogP contribution >= 0.6 is 0 Å². The fraction of sp³-hybridized carbons (Fsp3) is 0.556. The van der Waals surface area contributed by atoms with Crippen LogP contribution in [0.2, 0.25) is 0 Å². The Morgan fingerprint density at radius 1 is 0.892 bits per heavy atom. The number of Topliss-reactive ketones (excluding diaryl/α,β-unsaturated/α-hetero) is 1. The van der Waals surface area contributed by atoms with E-state index in [1.54, 1.807) is 0 Å².